The molecule has 4 fully saturated rings. The number of carbonyl (C=O) groups excluding carboxylic acids is 1. The second kappa shape index (κ2) is 5.96. The molecular weight excluding hydrogens is 302 g/mol. The third-order valence-corrected chi connectivity index (χ3v) is 6.16. The molecule has 4 aliphatic heterocycles. The van der Waals surface area contributed by atoms with Crippen molar-refractivity contribution in [2.24, 2.45) is 5.92 Å². The third kappa shape index (κ3) is 2.29. The predicted molar refractivity (Wildman–Crippen MR) is 93.4 cm³/mol. The molecule has 5 nitrogen and oxygen atoms in total. The lowest BCUT2D eigenvalue weighted by atomic mass is 9.75. The number of benzene rings is 1. The van der Waals surface area contributed by atoms with E-state index in [0.29, 0.717) is 23.9 Å². The van der Waals surface area contributed by atoms with Crippen molar-refractivity contribution in [3.63, 3.8) is 0 Å². The molecule has 1 aromatic rings. The van der Waals surface area contributed by atoms with Gasteiger partial charge in [-0.25, -0.2) is 4.79 Å². The summed E-state index contributed by atoms with van der Waals surface area (Å²) >= 11 is 0. The van der Waals surface area contributed by atoms with E-state index in [1.165, 1.54) is 31.5 Å². The summed E-state index contributed by atoms with van der Waals surface area (Å²) in [7, 11) is 5.45. The van der Waals surface area contributed by atoms with Gasteiger partial charge in [-0.2, -0.15) is 0 Å². The number of amides is 2. The van der Waals surface area contributed by atoms with Crippen LogP contribution in [0.3, 0.4) is 0 Å². The molecule has 0 aliphatic carbocycles. The number of fused-ring (bicyclic) bond motifs is 2. The fourth-order valence-electron chi connectivity index (χ4n) is 5.14. The lowest BCUT2D eigenvalue weighted by molar-refractivity contribution is 0.000785. The van der Waals surface area contributed by atoms with Crippen LogP contribution in [0.25, 0.3) is 0 Å². The van der Waals surface area contributed by atoms with Gasteiger partial charge in [0.15, 0.2) is 0 Å². The number of urea groups is 1. The normalized spacial score (nSPS) is 34.1. The maximum Gasteiger partial charge on any atom is 0.319 e. The van der Waals surface area contributed by atoms with Crippen molar-refractivity contribution >= 4 is 6.03 Å². The molecule has 4 heterocycles. The molecule has 0 unspecified atom stereocenters. The predicted octanol–water partition coefficient (Wildman–Crippen LogP) is 2.24. The number of hydrogen-bond donors (Lipinski definition) is 0. The van der Waals surface area contributed by atoms with Gasteiger partial charge in [0.05, 0.1) is 13.2 Å². The van der Waals surface area contributed by atoms with E-state index in [1.54, 1.807) is 12.0 Å². The lowest BCUT2D eigenvalue weighted by Gasteiger charge is -2.51. The number of ether oxygens (including phenoxy) is 1. The van der Waals surface area contributed by atoms with E-state index in [9.17, 15) is 4.79 Å². The molecule has 4 aliphatic rings. The van der Waals surface area contributed by atoms with Crippen molar-refractivity contribution < 1.29 is 9.53 Å². The summed E-state index contributed by atoms with van der Waals surface area (Å²) in [5, 5.41) is 0. The number of rotatable bonds is 2. The van der Waals surface area contributed by atoms with Crippen LogP contribution in [0.2, 0.25) is 0 Å². The molecular formula is C19H27N3O2. The molecule has 130 valence electrons. The Morgan fingerprint density at radius 1 is 1.17 bits per heavy atom. The Kier molecular flexibility index (Phi) is 3.91. The fraction of sp³-hybridized carbons (Fsp3) is 0.632. The Morgan fingerprint density at radius 2 is 1.88 bits per heavy atom. The minimum Gasteiger partial charge on any atom is -0.496 e. The highest BCUT2D eigenvalue weighted by molar-refractivity contribution is 5.75. The fourth-order valence-corrected chi connectivity index (χ4v) is 5.14. The number of piperidine rings is 3. The Hall–Kier alpha value is -1.75. The van der Waals surface area contributed by atoms with Gasteiger partial charge in [0.2, 0.25) is 0 Å². The Labute approximate surface area is 144 Å². The molecule has 1 aromatic carbocycles. The first-order chi connectivity index (χ1) is 11.6. The standard InChI is InChI=1S/C19H27N3O2/c1-20(2)19(23)22-12-15(14-6-4-5-7-16(14)24-3)18-17(22)13-8-10-21(18)11-9-13/h4-7,13,15,17-18H,8-12H2,1-3H3/t15-,17+,18+/m1/s1. The summed E-state index contributed by atoms with van der Waals surface area (Å²) in [6, 6.07) is 9.24. The first kappa shape index (κ1) is 15.8. The average Bonchev–Trinajstić information content (AvgIpc) is 3.04. The van der Waals surface area contributed by atoms with Gasteiger partial charge in [0, 0.05) is 38.2 Å². The van der Waals surface area contributed by atoms with E-state index in [2.05, 4.69) is 21.9 Å². The van der Waals surface area contributed by atoms with Crippen LogP contribution in [-0.2, 0) is 0 Å². The van der Waals surface area contributed by atoms with Crippen molar-refractivity contribution in [2.75, 3.05) is 40.8 Å². The quantitative estimate of drug-likeness (QED) is 0.835. The van der Waals surface area contributed by atoms with Crippen LogP contribution in [0.15, 0.2) is 24.3 Å². The van der Waals surface area contributed by atoms with Crippen molar-refractivity contribution in [1.82, 2.24) is 14.7 Å². The Bertz CT molecular complexity index is 625. The van der Waals surface area contributed by atoms with Gasteiger partial charge < -0.3 is 14.5 Å². The highest BCUT2D eigenvalue weighted by Crippen LogP contribution is 2.48. The van der Waals surface area contributed by atoms with Crippen molar-refractivity contribution in [2.45, 2.75) is 30.8 Å². The summed E-state index contributed by atoms with van der Waals surface area (Å²) in [4.78, 5) is 19.3. The highest BCUT2D eigenvalue weighted by Gasteiger charge is 2.55. The largest absolute Gasteiger partial charge is 0.496 e. The van der Waals surface area contributed by atoms with Crippen molar-refractivity contribution in [3.05, 3.63) is 29.8 Å². The summed E-state index contributed by atoms with van der Waals surface area (Å²) in [5.74, 6) is 1.92. The molecule has 5 rings (SSSR count). The molecule has 3 atom stereocenters. The van der Waals surface area contributed by atoms with Crippen molar-refractivity contribution in [1.29, 1.82) is 0 Å². The number of methoxy groups -OCH3 is 1. The number of hydrogen-bond acceptors (Lipinski definition) is 3. The second-order valence-corrected chi connectivity index (χ2v) is 7.53. The van der Waals surface area contributed by atoms with Crippen LogP contribution in [-0.4, -0.2) is 73.7 Å². The summed E-state index contributed by atoms with van der Waals surface area (Å²) < 4.78 is 5.63. The zero-order chi connectivity index (χ0) is 16.8. The zero-order valence-electron chi connectivity index (χ0n) is 14.8. The van der Waals surface area contributed by atoms with Crippen molar-refractivity contribution in [3.8, 4) is 5.75 Å². The van der Waals surface area contributed by atoms with Crippen LogP contribution in [0.5, 0.6) is 5.75 Å². The molecule has 0 aromatic heterocycles. The van der Waals surface area contributed by atoms with Crippen LogP contribution >= 0.6 is 0 Å². The van der Waals surface area contributed by atoms with E-state index in [4.69, 9.17) is 4.74 Å². The Balaban J connectivity index is 1.74. The third-order valence-electron chi connectivity index (χ3n) is 6.16. The maximum atomic E-state index is 12.8. The molecule has 0 radical (unpaired) electrons. The lowest BCUT2D eigenvalue weighted by Crippen LogP contribution is -2.61. The maximum absolute atomic E-state index is 12.8. The van der Waals surface area contributed by atoms with Gasteiger partial charge in [0.25, 0.3) is 0 Å². The van der Waals surface area contributed by atoms with E-state index < -0.39 is 0 Å². The Morgan fingerprint density at radius 3 is 2.54 bits per heavy atom. The minimum absolute atomic E-state index is 0.149. The van der Waals surface area contributed by atoms with E-state index >= 15 is 0 Å². The van der Waals surface area contributed by atoms with Crippen LogP contribution in [0.1, 0.15) is 24.3 Å². The second-order valence-electron chi connectivity index (χ2n) is 7.53. The van der Waals surface area contributed by atoms with Gasteiger partial charge >= 0.3 is 6.03 Å². The SMILES string of the molecule is COc1ccccc1[C@H]1CN(C(=O)N(C)C)[C@H]2C3CCN(CC3)[C@@H]12. The first-order valence-electron chi connectivity index (χ1n) is 8.96. The number of nitrogens with zero attached hydrogens (tertiary/aromatic N) is 3. The van der Waals surface area contributed by atoms with Crippen LogP contribution in [0, 0.1) is 5.92 Å². The molecule has 0 saturated carbocycles. The topological polar surface area (TPSA) is 36.0 Å². The summed E-state index contributed by atoms with van der Waals surface area (Å²) in [6.07, 6.45) is 2.44. The molecule has 2 amide bonds. The first-order valence-corrected chi connectivity index (χ1v) is 8.96. The van der Waals surface area contributed by atoms with Gasteiger partial charge in [-0.3, -0.25) is 4.90 Å². The molecule has 0 spiro atoms. The number of likely N-dealkylation sites (tertiary alicyclic amines) is 1. The van der Waals surface area contributed by atoms with E-state index in [-0.39, 0.29) is 6.03 Å². The minimum atomic E-state index is 0.149. The monoisotopic (exact) mass is 329 g/mol. The molecule has 5 heteroatoms. The molecule has 24 heavy (non-hydrogen) atoms. The van der Waals surface area contributed by atoms with Gasteiger partial charge in [-0.05, 0) is 37.9 Å². The molecule has 0 N–H and O–H groups in total. The van der Waals surface area contributed by atoms with Crippen LogP contribution in [0.4, 0.5) is 4.79 Å². The van der Waals surface area contributed by atoms with E-state index in [0.717, 1.165) is 12.3 Å². The smallest absolute Gasteiger partial charge is 0.319 e. The van der Waals surface area contributed by atoms with Gasteiger partial charge in [-0.15, -0.1) is 0 Å². The molecule has 2 bridgehead atoms. The zero-order valence-corrected chi connectivity index (χ0v) is 14.8. The van der Waals surface area contributed by atoms with E-state index in [1.807, 2.05) is 26.2 Å². The summed E-state index contributed by atoms with van der Waals surface area (Å²) in [5.41, 5.74) is 1.25. The van der Waals surface area contributed by atoms with Gasteiger partial charge in [-0.1, -0.05) is 18.2 Å². The number of carbonyl (C=O) groups is 1. The number of para-hydroxylation sites is 1. The van der Waals surface area contributed by atoms with Gasteiger partial charge in [0.1, 0.15) is 5.75 Å². The molecule has 4 saturated heterocycles. The average molecular weight is 329 g/mol. The highest BCUT2D eigenvalue weighted by atomic mass is 16.5. The van der Waals surface area contributed by atoms with Crippen LogP contribution < -0.4 is 4.74 Å². The summed E-state index contributed by atoms with van der Waals surface area (Å²) in [6.45, 7) is 3.13.